The second kappa shape index (κ2) is 9.36. The molecule has 0 saturated carbocycles. The Morgan fingerprint density at radius 3 is 2.56 bits per heavy atom. The van der Waals surface area contributed by atoms with Crippen LogP contribution in [0.25, 0.3) is 6.08 Å². The number of hydrogen-bond donors (Lipinski definition) is 1. The van der Waals surface area contributed by atoms with E-state index in [2.05, 4.69) is 11.4 Å². The van der Waals surface area contributed by atoms with E-state index in [0.29, 0.717) is 39.1 Å². The third kappa shape index (κ3) is 4.76. The largest absolute Gasteiger partial charge is 0.338 e. The molecule has 1 aromatic carbocycles. The van der Waals surface area contributed by atoms with E-state index in [1.54, 1.807) is 30.0 Å². The highest BCUT2D eigenvalue weighted by molar-refractivity contribution is 7.18. The van der Waals surface area contributed by atoms with Crippen molar-refractivity contribution in [2.24, 2.45) is 0 Å². The van der Waals surface area contributed by atoms with Gasteiger partial charge in [-0.1, -0.05) is 29.8 Å². The Morgan fingerprint density at radius 1 is 1.30 bits per heavy atom. The van der Waals surface area contributed by atoms with Crippen molar-refractivity contribution < 1.29 is 9.59 Å². The first-order chi connectivity index (χ1) is 12.9. The van der Waals surface area contributed by atoms with Crippen molar-refractivity contribution in [3.05, 3.63) is 56.9 Å². The van der Waals surface area contributed by atoms with Crippen molar-refractivity contribution in [2.75, 3.05) is 18.4 Å². The summed E-state index contributed by atoms with van der Waals surface area (Å²) in [4.78, 5) is 27.0. The molecule has 7 heteroatoms. The molecule has 2 rings (SSSR count). The van der Waals surface area contributed by atoms with E-state index in [1.165, 1.54) is 6.08 Å². The molecule has 0 bridgehead atoms. The lowest BCUT2D eigenvalue weighted by atomic mass is 10.1. The van der Waals surface area contributed by atoms with Crippen LogP contribution in [0.5, 0.6) is 0 Å². The third-order valence-corrected chi connectivity index (χ3v) is 5.60. The smallest absolute Gasteiger partial charge is 0.264 e. The lowest BCUT2D eigenvalue weighted by Crippen LogP contribution is -2.30. The third-order valence-electron chi connectivity index (χ3n) is 4.06. The van der Waals surface area contributed by atoms with Crippen LogP contribution in [0.2, 0.25) is 5.02 Å². The zero-order valence-corrected chi connectivity index (χ0v) is 16.9. The van der Waals surface area contributed by atoms with E-state index in [9.17, 15) is 14.9 Å². The van der Waals surface area contributed by atoms with Crippen molar-refractivity contribution in [1.29, 1.82) is 5.26 Å². The molecule has 0 aliphatic rings. The van der Waals surface area contributed by atoms with Crippen LogP contribution in [0.15, 0.2) is 30.3 Å². The van der Waals surface area contributed by atoms with E-state index >= 15 is 0 Å². The Balaban J connectivity index is 2.25. The van der Waals surface area contributed by atoms with Gasteiger partial charge < -0.3 is 10.2 Å². The summed E-state index contributed by atoms with van der Waals surface area (Å²) < 4.78 is 0. The summed E-state index contributed by atoms with van der Waals surface area (Å²) in [6, 6.07) is 9.25. The summed E-state index contributed by atoms with van der Waals surface area (Å²) >= 11 is 7.19. The van der Waals surface area contributed by atoms with Gasteiger partial charge >= 0.3 is 0 Å². The first-order valence-electron chi connectivity index (χ1n) is 8.49. The average molecular weight is 402 g/mol. The van der Waals surface area contributed by atoms with Crippen LogP contribution >= 0.6 is 22.9 Å². The Bertz CT molecular complexity index is 924. The number of amides is 2. The Morgan fingerprint density at radius 2 is 1.96 bits per heavy atom. The monoisotopic (exact) mass is 401 g/mol. The molecular weight excluding hydrogens is 382 g/mol. The SMILES string of the molecule is CCN(CC)C(=O)c1sc(NC(=O)C=Cc2ccccc2Cl)c(C#N)c1C. The molecule has 1 heterocycles. The van der Waals surface area contributed by atoms with Crippen LogP contribution in [0.1, 0.15) is 40.2 Å². The van der Waals surface area contributed by atoms with Crippen LogP contribution in [0.3, 0.4) is 0 Å². The summed E-state index contributed by atoms with van der Waals surface area (Å²) in [6.45, 7) is 6.68. The highest BCUT2D eigenvalue weighted by Gasteiger charge is 2.23. The first-order valence-corrected chi connectivity index (χ1v) is 9.68. The zero-order valence-electron chi connectivity index (χ0n) is 15.4. The number of hydrogen-bond acceptors (Lipinski definition) is 4. The fourth-order valence-corrected chi connectivity index (χ4v) is 3.85. The molecule has 0 fully saturated rings. The molecule has 0 spiro atoms. The predicted octanol–water partition coefficient (Wildman–Crippen LogP) is 4.72. The van der Waals surface area contributed by atoms with Gasteiger partial charge in [-0.2, -0.15) is 5.26 Å². The van der Waals surface area contributed by atoms with Gasteiger partial charge in [-0.3, -0.25) is 9.59 Å². The standard InChI is InChI=1S/C20H20ClN3O2S/c1-4-24(5-2)20(26)18-13(3)15(12-22)19(27-18)23-17(25)11-10-14-8-6-7-9-16(14)21/h6-11H,4-5H2,1-3H3,(H,23,25). The van der Waals surface area contributed by atoms with Gasteiger partial charge in [-0.05, 0) is 44.0 Å². The fourth-order valence-electron chi connectivity index (χ4n) is 2.52. The Hall–Kier alpha value is -2.62. The van der Waals surface area contributed by atoms with Crippen LogP contribution in [0, 0.1) is 18.3 Å². The number of thiophene rings is 1. The Kier molecular flexibility index (Phi) is 7.17. The fraction of sp³-hybridized carbons (Fsp3) is 0.250. The van der Waals surface area contributed by atoms with E-state index in [1.807, 2.05) is 26.0 Å². The summed E-state index contributed by atoms with van der Waals surface area (Å²) in [5.41, 5.74) is 1.62. The average Bonchev–Trinajstić information content (AvgIpc) is 2.97. The molecular formula is C20H20ClN3O2S. The number of benzene rings is 1. The molecule has 0 aliphatic carbocycles. The molecule has 2 aromatic rings. The molecule has 0 aliphatic heterocycles. The second-order valence-electron chi connectivity index (χ2n) is 5.69. The lowest BCUT2D eigenvalue weighted by Gasteiger charge is -2.17. The maximum atomic E-state index is 12.6. The molecule has 0 radical (unpaired) electrons. The molecule has 1 N–H and O–H groups in total. The molecule has 0 saturated heterocycles. The van der Waals surface area contributed by atoms with Crippen molar-refractivity contribution in [3.63, 3.8) is 0 Å². The minimum Gasteiger partial charge on any atom is -0.338 e. The molecule has 2 amide bonds. The van der Waals surface area contributed by atoms with E-state index in [-0.39, 0.29) is 5.91 Å². The molecule has 0 atom stereocenters. The van der Waals surface area contributed by atoms with Crippen LogP contribution in [0.4, 0.5) is 5.00 Å². The van der Waals surface area contributed by atoms with Crippen molar-refractivity contribution in [3.8, 4) is 6.07 Å². The van der Waals surface area contributed by atoms with Gasteiger partial charge in [0.05, 0.1) is 10.4 Å². The maximum Gasteiger partial charge on any atom is 0.264 e. The number of nitrogens with one attached hydrogen (secondary N) is 1. The summed E-state index contributed by atoms with van der Waals surface area (Å²) in [5.74, 6) is -0.527. The highest BCUT2D eigenvalue weighted by Crippen LogP contribution is 2.33. The molecule has 0 unspecified atom stereocenters. The zero-order chi connectivity index (χ0) is 20.0. The minimum absolute atomic E-state index is 0.133. The van der Waals surface area contributed by atoms with Crippen molar-refractivity contribution >= 4 is 45.8 Å². The van der Waals surface area contributed by atoms with Gasteiger partial charge in [-0.25, -0.2) is 0 Å². The number of nitriles is 1. The quantitative estimate of drug-likeness (QED) is 0.712. The van der Waals surface area contributed by atoms with Gasteiger partial charge in [0.15, 0.2) is 0 Å². The van der Waals surface area contributed by atoms with Crippen molar-refractivity contribution in [1.82, 2.24) is 4.90 Å². The van der Waals surface area contributed by atoms with Crippen LogP contribution < -0.4 is 5.32 Å². The van der Waals surface area contributed by atoms with E-state index in [4.69, 9.17) is 11.6 Å². The van der Waals surface area contributed by atoms with E-state index < -0.39 is 5.91 Å². The molecule has 27 heavy (non-hydrogen) atoms. The number of halogens is 1. The molecule has 5 nitrogen and oxygen atoms in total. The maximum absolute atomic E-state index is 12.6. The van der Waals surface area contributed by atoms with Gasteiger partial charge in [-0.15, -0.1) is 11.3 Å². The predicted molar refractivity (Wildman–Crippen MR) is 110 cm³/mol. The van der Waals surface area contributed by atoms with Crippen LogP contribution in [-0.4, -0.2) is 29.8 Å². The summed E-state index contributed by atoms with van der Waals surface area (Å²) in [6.07, 6.45) is 2.95. The highest BCUT2D eigenvalue weighted by atomic mass is 35.5. The van der Waals surface area contributed by atoms with Gasteiger partial charge in [0, 0.05) is 24.2 Å². The topological polar surface area (TPSA) is 73.2 Å². The number of anilines is 1. The van der Waals surface area contributed by atoms with Crippen molar-refractivity contribution in [2.45, 2.75) is 20.8 Å². The minimum atomic E-state index is -0.394. The molecule has 140 valence electrons. The van der Waals surface area contributed by atoms with Gasteiger partial charge in [0.1, 0.15) is 11.1 Å². The van der Waals surface area contributed by atoms with E-state index in [0.717, 1.165) is 16.9 Å². The number of nitrogens with zero attached hydrogens (tertiary/aromatic N) is 2. The molecule has 1 aromatic heterocycles. The summed E-state index contributed by atoms with van der Waals surface area (Å²) in [5, 5.41) is 13.1. The normalized spacial score (nSPS) is 10.6. The number of carbonyl (C=O) groups is 2. The number of rotatable bonds is 6. The summed E-state index contributed by atoms with van der Waals surface area (Å²) in [7, 11) is 0. The van der Waals surface area contributed by atoms with Crippen LogP contribution in [-0.2, 0) is 4.79 Å². The second-order valence-corrected chi connectivity index (χ2v) is 7.12. The Labute approximate surface area is 167 Å². The lowest BCUT2D eigenvalue weighted by molar-refractivity contribution is -0.111. The van der Waals surface area contributed by atoms with Gasteiger partial charge in [0.2, 0.25) is 5.91 Å². The van der Waals surface area contributed by atoms with Gasteiger partial charge in [0.25, 0.3) is 5.91 Å². The number of carbonyl (C=O) groups excluding carboxylic acids is 2. The first kappa shape index (κ1) is 20.7.